The van der Waals surface area contributed by atoms with Crippen molar-refractivity contribution in [2.45, 2.75) is 6.61 Å². The van der Waals surface area contributed by atoms with Crippen LogP contribution in [0.25, 0.3) is 27.6 Å². The van der Waals surface area contributed by atoms with Crippen molar-refractivity contribution >= 4 is 40.5 Å². The van der Waals surface area contributed by atoms with E-state index >= 15 is 0 Å². The number of nitrogens with two attached hydrogens (primary N) is 1. The summed E-state index contributed by atoms with van der Waals surface area (Å²) in [5.41, 5.74) is 7.23. The standard InChI is InChI=1S/C33H29N3O9.ClH/c1-41-27-15-20(16-28(42-2)31(27)43-3)29-24-14-13-23(45-18-19-7-5-6-8-26(19)36(39)40)17-25(24)32(37)35(30(29)33(38)44-4)22-11-9-21(34)10-12-22;/h5-17H,18,34H2,1-4H3;1H. The molecule has 0 aliphatic rings. The van der Waals surface area contributed by atoms with Crippen LogP contribution >= 0.6 is 12.4 Å². The number of aromatic nitrogens is 1. The number of fused-ring (bicyclic) bond motifs is 1. The second kappa shape index (κ2) is 13.9. The van der Waals surface area contributed by atoms with E-state index in [0.29, 0.717) is 50.7 Å². The summed E-state index contributed by atoms with van der Waals surface area (Å²) in [5, 5.41) is 12.1. The van der Waals surface area contributed by atoms with Crippen molar-refractivity contribution in [3.63, 3.8) is 0 Å². The molecule has 0 radical (unpaired) electrons. The molecule has 2 N–H and O–H groups in total. The molecule has 1 heterocycles. The van der Waals surface area contributed by atoms with Gasteiger partial charge in [-0.05, 0) is 71.6 Å². The molecular formula is C33H30ClN3O9. The number of nitro groups is 1. The average Bonchev–Trinajstić information content (AvgIpc) is 3.06. The van der Waals surface area contributed by atoms with Gasteiger partial charge in [-0.1, -0.05) is 12.1 Å². The van der Waals surface area contributed by atoms with Crippen LogP contribution < -0.4 is 30.2 Å². The number of nitrogens with zero attached hydrogens (tertiary/aromatic N) is 2. The smallest absolute Gasteiger partial charge is 0.355 e. The Morgan fingerprint density at radius 2 is 1.52 bits per heavy atom. The lowest BCUT2D eigenvalue weighted by Gasteiger charge is -2.21. The van der Waals surface area contributed by atoms with E-state index in [1.807, 2.05) is 0 Å². The number of methoxy groups -OCH3 is 4. The highest BCUT2D eigenvalue weighted by molar-refractivity contribution is 6.08. The maximum Gasteiger partial charge on any atom is 0.355 e. The SMILES string of the molecule is COC(=O)c1c(-c2cc(OC)c(OC)c(OC)c2)c2ccc(OCc3ccccc3[N+](=O)[O-])cc2c(=O)n1-c1ccc(N)cc1.Cl. The number of carbonyl (C=O) groups is 1. The maximum absolute atomic E-state index is 14.3. The number of nitro benzene ring substituents is 1. The number of rotatable bonds is 10. The Bertz CT molecular complexity index is 1970. The molecule has 238 valence electrons. The highest BCUT2D eigenvalue weighted by Crippen LogP contribution is 2.44. The summed E-state index contributed by atoms with van der Waals surface area (Å²) in [5.74, 6) is 0.496. The molecule has 1 aromatic heterocycles. The lowest BCUT2D eigenvalue weighted by atomic mass is 9.95. The van der Waals surface area contributed by atoms with E-state index in [9.17, 15) is 19.7 Å². The third-order valence-corrected chi connectivity index (χ3v) is 7.22. The summed E-state index contributed by atoms with van der Waals surface area (Å²) in [4.78, 5) is 38.8. The van der Waals surface area contributed by atoms with Gasteiger partial charge in [0.15, 0.2) is 11.5 Å². The second-order valence-corrected chi connectivity index (χ2v) is 9.74. The van der Waals surface area contributed by atoms with Crippen molar-refractivity contribution in [2.75, 3.05) is 34.2 Å². The minimum Gasteiger partial charge on any atom is -0.493 e. The number of hydrogen-bond acceptors (Lipinski definition) is 10. The second-order valence-electron chi connectivity index (χ2n) is 9.74. The topological polar surface area (TPSA) is 154 Å². The van der Waals surface area contributed by atoms with Crippen LogP contribution in [0.4, 0.5) is 11.4 Å². The molecule has 0 amide bonds. The first-order chi connectivity index (χ1) is 21.7. The van der Waals surface area contributed by atoms with Gasteiger partial charge in [-0.25, -0.2) is 4.79 Å². The fourth-order valence-corrected chi connectivity index (χ4v) is 5.12. The number of carbonyl (C=O) groups excluding carboxylic acids is 1. The Kier molecular flexibility index (Phi) is 10.0. The predicted molar refractivity (Wildman–Crippen MR) is 175 cm³/mol. The van der Waals surface area contributed by atoms with E-state index in [2.05, 4.69) is 0 Å². The molecule has 0 spiro atoms. The molecule has 4 aromatic carbocycles. The first-order valence-electron chi connectivity index (χ1n) is 13.5. The molecule has 0 fully saturated rings. The number of hydrogen-bond donors (Lipinski definition) is 1. The van der Waals surface area contributed by atoms with Crippen molar-refractivity contribution in [1.82, 2.24) is 4.57 Å². The summed E-state index contributed by atoms with van der Waals surface area (Å²) in [6, 6.07) is 20.8. The quantitative estimate of drug-likeness (QED) is 0.0831. The number of nitrogen functional groups attached to an aromatic ring is 1. The first kappa shape index (κ1) is 33.1. The number of ether oxygens (including phenoxy) is 5. The minimum absolute atomic E-state index is 0. The van der Waals surface area contributed by atoms with Gasteiger partial charge >= 0.3 is 5.97 Å². The van der Waals surface area contributed by atoms with Crippen LogP contribution in [-0.2, 0) is 11.3 Å². The lowest BCUT2D eigenvalue weighted by molar-refractivity contribution is -0.385. The number of halogens is 1. The Morgan fingerprint density at radius 3 is 2.11 bits per heavy atom. The zero-order chi connectivity index (χ0) is 32.2. The van der Waals surface area contributed by atoms with E-state index in [-0.39, 0.29) is 41.5 Å². The van der Waals surface area contributed by atoms with Gasteiger partial charge in [0.05, 0.1) is 44.3 Å². The normalized spacial score (nSPS) is 10.5. The van der Waals surface area contributed by atoms with Crippen molar-refractivity contribution in [3.8, 4) is 39.8 Å². The molecule has 0 aliphatic heterocycles. The molecular weight excluding hydrogens is 618 g/mol. The molecule has 0 atom stereocenters. The molecule has 46 heavy (non-hydrogen) atoms. The zero-order valence-corrected chi connectivity index (χ0v) is 26.1. The van der Waals surface area contributed by atoms with Crippen molar-refractivity contribution in [3.05, 3.63) is 111 Å². The fourth-order valence-electron chi connectivity index (χ4n) is 5.12. The summed E-state index contributed by atoms with van der Waals surface area (Å²) in [6.45, 7) is -0.116. The molecule has 0 aliphatic carbocycles. The summed E-state index contributed by atoms with van der Waals surface area (Å²) in [7, 11) is 5.64. The van der Waals surface area contributed by atoms with Gasteiger partial charge in [-0.3, -0.25) is 19.5 Å². The summed E-state index contributed by atoms with van der Waals surface area (Å²) < 4.78 is 29.0. The van der Waals surface area contributed by atoms with Crippen LogP contribution in [0.1, 0.15) is 16.1 Å². The first-order valence-corrected chi connectivity index (χ1v) is 13.5. The van der Waals surface area contributed by atoms with E-state index < -0.39 is 16.5 Å². The highest BCUT2D eigenvalue weighted by atomic mass is 35.5. The predicted octanol–water partition coefficient (Wildman–Crippen LogP) is 5.96. The van der Waals surface area contributed by atoms with E-state index in [1.165, 1.54) is 45.1 Å². The third-order valence-electron chi connectivity index (χ3n) is 7.22. The Morgan fingerprint density at radius 1 is 0.870 bits per heavy atom. The van der Waals surface area contributed by atoms with Gasteiger partial charge in [0, 0.05) is 23.0 Å². The summed E-state index contributed by atoms with van der Waals surface area (Å²) >= 11 is 0. The van der Waals surface area contributed by atoms with Gasteiger partial charge in [0.25, 0.3) is 11.2 Å². The monoisotopic (exact) mass is 647 g/mol. The van der Waals surface area contributed by atoms with Gasteiger partial charge < -0.3 is 29.4 Å². The largest absolute Gasteiger partial charge is 0.493 e. The number of esters is 1. The average molecular weight is 648 g/mol. The summed E-state index contributed by atoms with van der Waals surface area (Å²) in [6.07, 6.45) is 0. The third kappa shape index (κ3) is 6.10. The minimum atomic E-state index is -0.772. The molecule has 5 rings (SSSR count). The van der Waals surface area contributed by atoms with Crippen LogP contribution in [0.5, 0.6) is 23.0 Å². The number of benzene rings is 4. The molecule has 13 heteroatoms. The van der Waals surface area contributed by atoms with Crippen LogP contribution in [0.15, 0.2) is 83.7 Å². The van der Waals surface area contributed by atoms with Crippen LogP contribution in [0.2, 0.25) is 0 Å². The van der Waals surface area contributed by atoms with Gasteiger partial charge in [0.2, 0.25) is 5.75 Å². The van der Waals surface area contributed by atoms with Crippen molar-refractivity contribution < 1.29 is 33.4 Å². The van der Waals surface area contributed by atoms with Gasteiger partial charge in [-0.15, -0.1) is 12.4 Å². The molecule has 0 saturated heterocycles. The van der Waals surface area contributed by atoms with E-state index in [4.69, 9.17) is 29.4 Å². The Hall–Kier alpha value is -5.75. The number of para-hydroxylation sites is 1. The number of anilines is 1. The molecule has 0 unspecified atom stereocenters. The van der Waals surface area contributed by atoms with Crippen molar-refractivity contribution in [1.29, 1.82) is 0 Å². The van der Waals surface area contributed by atoms with E-state index in [0.717, 1.165) is 0 Å². The lowest BCUT2D eigenvalue weighted by Crippen LogP contribution is -2.27. The maximum atomic E-state index is 14.3. The highest BCUT2D eigenvalue weighted by Gasteiger charge is 2.27. The number of pyridine rings is 1. The van der Waals surface area contributed by atoms with Crippen LogP contribution in [0.3, 0.4) is 0 Å². The molecule has 12 nitrogen and oxygen atoms in total. The van der Waals surface area contributed by atoms with Gasteiger partial charge in [-0.2, -0.15) is 0 Å². The van der Waals surface area contributed by atoms with Crippen LogP contribution in [-0.4, -0.2) is 43.9 Å². The Balaban J connectivity index is 0.00000480. The van der Waals surface area contributed by atoms with Gasteiger partial charge in [0.1, 0.15) is 18.1 Å². The fraction of sp³-hybridized carbons (Fsp3) is 0.152. The van der Waals surface area contributed by atoms with E-state index in [1.54, 1.807) is 66.7 Å². The molecule has 0 bridgehead atoms. The molecule has 5 aromatic rings. The Labute approximate surface area is 269 Å². The molecule has 0 saturated carbocycles. The zero-order valence-electron chi connectivity index (χ0n) is 25.3. The van der Waals surface area contributed by atoms with Crippen molar-refractivity contribution in [2.24, 2.45) is 0 Å². The van der Waals surface area contributed by atoms with Crippen LogP contribution in [0, 0.1) is 10.1 Å².